The van der Waals surface area contributed by atoms with E-state index in [0.29, 0.717) is 23.8 Å². The maximum Gasteiger partial charge on any atom is 0.238 e. The number of carbonyl (C=O) groups excluding carboxylic acids is 1. The fraction of sp³-hybridized carbons (Fsp3) is 0.429. The lowest BCUT2D eigenvalue weighted by Crippen LogP contribution is -2.34. The first-order valence-electron chi connectivity index (χ1n) is 6.41. The Morgan fingerprint density at radius 3 is 3.00 bits per heavy atom. The third-order valence-electron chi connectivity index (χ3n) is 3.37. The highest BCUT2D eigenvalue weighted by molar-refractivity contribution is 5.93. The smallest absolute Gasteiger partial charge is 0.238 e. The van der Waals surface area contributed by atoms with E-state index >= 15 is 0 Å². The van der Waals surface area contributed by atoms with Gasteiger partial charge < -0.3 is 10.6 Å². The lowest BCUT2D eigenvalue weighted by Gasteiger charge is -2.15. The van der Waals surface area contributed by atoms with Crippen LogP contribution in [0.4, 0.5) is 5.69 Å². The molecule has 0 bridgehead atoms. The average Bonchev–Trinajstić information content (AvgIpc) is 2.87. The molecule has 0 spiro atoms. The van der Waals surface area contributed by atoms with Crippen molar-refractivity contribution in [1.82, 2.24) is 10.2 Å². The van der Waals surface area contributed by atoms with Crippen LogP contribution in [-0.4, -0.2) is 43.5 Å². The Morgan fingerprint density at radius 2 is 2.32 bits per heavy atom. The molecule has 1 aromatic carbocycles. The Labute approximate surface area is 113 Å². The minimum Gasteiger partial charge on any atom is -0.324 e. The molecule has 19 heavy (non-hydrogen) atoms. The van der Waals surface area contributed by atoms with Gasteiger partial charge in [-0.1, -0.05) is 12.1 Å². The van der Waals surface area contributed by atoms with Crippen molar-refractivity contribution < 1.29 is 4.79 Å². The average molecular weight is 258 g/mol. The summed E-state index contributed by atoms with van der Waals surface area (Å²) in [7, 11) is 1.94. The summed E-state index contributed by atoms with van der Waals surface area (Å²) in [5.41, 5.74) is 1.07. The minimum atomic E-state index is -0.0700. The van der Waals surface area contributed by atoms with Crippen LogP contribution in [-0.2, 0) is 4.79 Å². The molecular formula is C14H18N4O. The quantitative estimate of drug-likeness (QED) is 0.838. The van der Waals surface area contributed by atoms with E-state index in [9.17, 15) is 4.79 Å². The van der Waals surface area contributed by atoms with Gasteiger partial charge in [0.05, 0.1) is 17.8 Å². The third-order valence-corrected chi connectivity index (χ3v) is 3.37. The molecule has 2 N–H and O–H groups in total. The number of hydrogen-bond donors (Lipinski definition) is 2. The molecule has 5 heteroatoms. The van der Waals surface area contributed by atoms with Crippen LogP contribution in [0, 0.1) is 11.3 Å². The summed E-state index contributed by atoms with van der Waals surface area (Å²) < 4.78 is 0. The summed E-state index contributed by atoms with van der Waals surface area (Å²) >= 11 is 0. The number of benzene rings is 1. The van der Waals surface area contributed by atoms with Crippen molar-refractivity contribution in [3.05, 3.63) is 29.8 Å². The van der Waals surface area contributed by atoms with Crippen molar-refractivity contribution in [2.45, 2.75) is 12.5 Å². The van der Waals surface area contributed by atoms with Crippen LogP contribution >= 0.6 is 0 Å². The number of anilines is 1. The van der Waals surface area contributed by atoms with Gasteiger partial charge in [0, 0.05) is 19.1 Å². The molecule has 1 heterocycles. The Hall–Kier alpha value is -1.90. The summed E-state index contributed by atoms with van der Waals surface area (Å²) in [4.78, 5) is 14.1. The number of hydrogen-bond acceptors (Lipinski definition) is 4. The van der Waals surface area contributed by atoms with Crippen LogP contribution in [0.1, 0.15) is 12.0 Å². The predicted molar refractivity (Wildman–Crippen MR) is 73.7 cm³/mol. The number of nitriles is 1. The molecule has 0 saturated carbocycles. The molecule has 0 aromatic heterocycles. The van der Waals surface area contributed by atoms with E-state index in [1.165, 1.54) is 0 Å². The number of carbonyl (C=O) groups is 1. The van der Waals surface area contributed by atoms with E-state index in [0.717, 1.165) is 19.5 Å². The van der Waals surface area contributed by atoms with Crippen molar-refractivity contribution in [3.8, 4) is 6.07 Å². The van der Waals surface area contributed by atoms with E-state index < -0.39 is 0 Å². The molecular weight excluding hydrogens is 240 g/mol. The number of para-hydroxylation sites is 1. The monoisotopic (exact) mass is 258 g/mol. The van der Waals surface area contributed by atoms with Gasteiger partial charge in [0.2, 0.25) is 5.91 Å². The summed E-state index contributed by atoms with van der Waals surface area (Å²) in [6, 6.07) is 9.58. The molecule has 100 valence electrons. The van der Waals surface area contributed by atoms with Gasteiger partial charge in [-0.15, -0.1) is 0 Å². The number of likely N-dealkylation sites (N-methyl/N-ethyl adjacent to an activating group) is 1. The van der Waals surface area contributed by atoms with Crippen molar-refractivity contribution in [1.29, 1.82) is 5.26 Å². The number of nitrogens with zero attached hydrogens (tertiary/aromatic N) is 2. The molecule has 1 aliphatic heterocycles. The zero-order valence-corrected chi connectivity index (χ0v) is 11.0. The van der Waals surface area contributed by atoms with E-state index in [4.69, 9.17) is 5.26 Å². The predicted octanol–water partition coefficient (Wildman–Crippen LogP) is 0.790. The van der Waals surface area contributed by atoms with E-state index in [-0.39, 0.29) is 5.91 Å². The first-order chi connectivity index (χ1) is 9.22. The fourth-order valence-corrected chi connectivity index (χ4v) is 2.29. The Kier molecular flexibility index (Phi) is 4.50. The third kappa shape index (κ3) is 3.53. The van der Waals surface area contributed by atoms with Crippen LogP contribution in [0.25, 0.3) is 0 Å². The SMILES string of the molecule is CNC1CCN(CC(=O)Nc2ccccc2C#N)C1. The van der Waals surface area contributed by atoms with Gasteiger partial charge in [-0.05, 0) is 25.6 Å². The van der Waals surface area contributed by atoms with Gasteiger partial charge in [0.25, 0.3) is 0 Å². The molecule has 1 amide bonds. The summed E-state index contributed by atoms with van der Waals surface area (Å²) in [5, 5.41) is 15.0. The first kappa shape index (κ1) is 13.5. The van der Waals surface area contributed by atoms with Crippen molar-refractivity contribution in [2.75, 3.05) is 32.0 Å². The highest BCUT2D eigenvalue weighted by Crippen LogP contribution is 2.14. The van der Waals surface area contributed by atoms with Gasteiger partial charge in [-0.3, -0.25) is 9.69 Å². The Balaban J connectivity index is 1.90. The van der Waals surface area contributed by atoms with Crippen LogP contribution < -0.4 is 10.6 Å². The lowest BCUT2D eigenvalue weighted by molar-refractivity contribution is -0.117. The zero-order chi connectivity index (χ0) is 13.7. The van der Waals surface area contributed by atoms with Crippen molar-refractivity contribution >= 4 is 11.6 Å². The van der Waals surface area contributed by atoms with Crippen LogP contribution in [0.15, 0.2) is 24.3 Å². The molecule has 1 aliphatic rings. The zero-order valence-electron chi connectivity index (χ0n) is 11.0. The molecule has 2 rings (SSSR count). The molecule has 1 unspecified atom stereocenters. The summed E-state index contributed by atoms with van der Waals surface area (Å²) in [5.74, 6) is -0.0700. The van der Waals surface area contributed by atoms with E-state index in [1.807, 2.05) is 13.1 Å². The highest BCUT2D eigenvalue weighted by Gasteiger charge is 2.22. The largest absolute Gasteiger partial charge is 0.324 e. The molecule has 0 aliphatic carbocycles. The maximum atomic E-state index is 11.9. The lowest BCUT2D eigenvalue weighted by atomic mass is 10.2. The molecule has 1 fully saturated rings. The minimum absolute atomic E-state index is 0.0700. The molecule has 1 atom stereocenters. The summed E-state index contributed by atoms with van der Waals surface area (Å²) in [6.07, 6.45) is 1.07. The molecule has 1 saturated heterocycles. The Bertz CT molecular complexity index is 494. The van der Waals surface area contributed by atoms with Crippen molar-refractivity contribution in [2.24, 2.45) is 0 Å². The maximum absolute atomic E-state index is 11.9. The van der Waals surface area contributed by atoms with Crippen molar-refractivity contribution in [3.63, 3.8) is 0 Å². The number of likely N-dealkylation sites (tertiary alicyclic amines) is 1. The topological polar surface area (TPSA) is 68.2 Å². The highest BCUT2D eigenvalue weighted by atomic mass is 16.2. The van der Waals surface area contributed by atoms with Crippen LogP contribution in [0.3, 0.4) is 0 Å². The fourth-order valence-electron chi connectivity index (χ4n) is 2.29. The standard InChI is InChI=1S/C14H18N4O/c1-16-12-6-7-18(9-12)10-14(19)17-13-5-3-2-4-11(13)8-15/h2-5,12,16H,6-7,9-10H2,1H3,(H,17,19). The van der Waals surface area contributed by atoms with Gasteiger partial charge in [0.15, 0.2) is 0 Å². The molecule has 5 nitrogen and oxygen atoms in total. The van der Waals surface area contributed by atoms with Crippen LogP contribution in [0.2, 0.25) is 0 Å². The van der Waals surface area contributed by atoms with Gasteiger partial charge in [0.1, 0.15) is 6.07 Å². The van der Waals surface area contributed by atoms with E-state index in [2.05, 4.69) is 21.6 Å². The first-order valence-corrected chi connectivity index (χ1v) is 6.41. The number of nitrogens with one attached hydrogen (secondary N) is 2. The van der Waals surface area contributed by atoms with Gasteiger partial charge in [-0.25, -0.2) is 0 Å². The number of amides is 1. The molecule has 1 aromatic rings. The van der Waals surface area contributed by atoms with Gasteiger partial charge >= 0.3 is 0 Å². The normalized spacial score (nSPS) is 19.1. The second-order valence-electron chi connectivity index (χ2n) is 4.71. The number of rotatable bonds is 4. The second kappa shape index (κ2) is 6.32. The molecule has 0 radical (unpaired) electrons. The Morgan fingerprint density at radius 1 is 1.53 bits per heavy atom. The van der Waals surface area contributed by atoms with E-state index in [1.54, 1.807) is 18.2 Å². The van der Waals surface area contributed by atoms with Crippen LogP contribution in [0.5, 0.6) is 0 Å². The second-order valence-corrected chi connectivity index (χ2v) is 4.71. The van der Waals surface area contributed by atoms with Gasteiger partial charge in [-0.2, -0.15) is 5.26 Å². The summed E-state index contributed by atoms with van der Waals surface area (Å²) in [6.45, 7) is 2.20.